The highest BCUT2D eigenvalue weighted by Crippen LogP contribution is 2.17. The number of ether oxygens (including phenoxy) is 1. The Morgan fingerprint density at radius 3 is 2.65 bits per heavy atom. The van der Waals surface area contributed by atoms with Crippen molar-refractivity contribution in [1.29, 1.82) is 0 Å². The number of hydrogen-bond donors (Lipinski definition) is 2. The zero-order valence-electron chi connectivity index (χ0n) is 9.77. The lowest BCUT2D eigenvalue weighted by molar-refractivity contribution is -0.137. The molecule has 0 saturated heterocycles. The van der Waals surface area contributed by atoms with Crippen LogP contribution in [0.15, 0.2) is 24.3 Å². The molecule has 0 aromatic heterocycles. The van der Waals surface area contributed by atoms with E-state index in [1.807, 2.05) is 0 Å². The standard InChI is InChI=1S/C12H15NO4/c1-8(7-11(14)15)13-10-6-4-3-5-9(10)12(16)17-2/h3-6,8,13H,7H2,1-2H3,(H,14,15). The predicted molar refractivity (Wildman–Crippen MR) is 63.1 cm³/mol. The number of rotatable bonds is 5. The van der Waals surface area contributed by atoms with E-state index in [4.69, 9.17) is 5.11 Å². The Balaban J connectivity index is 2.83. The SMILES string of the molecule is COC(=O)c1ccccc1NC(C)CC(=O)O. The Hall–Kier alpha value is -2.04. The third-order valence-corrected chi connectivity index (χ3v) is 2.22. The van der Waals surface area contributed by atoms with E-state index in [1.165, 1.54) is 7.11 Å². The first kappa shape index (κ1) is 13.0. The number of carboxylic acids is 1. The van der Waals surface area contributed by atoms with Gasteiger partial charge < -0.3 is 15.2 Å². The third kappa shape index (κ3) is 3.79. The summed E-state index contributed by atoms with van der Waals surface area (Å²) in [6.07, 6.45) is -0.0183. The van der Waals surface area contributed by atoms with E-state index in [9.17, 15) is 9.59 Å². The average molecular weight is 237 g/mol. The molecule has 5 nitrogen and oxygen atoms in total. The minimum Gasteiger partial charge on any atom is -0.481 e. The molecule has 0 heterocycles. The minimum atomic E-state index is -0.888. The summed E-state index contributed by atoms with van der Waals surface area (Å²) in [6.45, 7) is 1.74. The van der Waals surface area contributed by atoms with Crippen LogP contribution in [0.1, 0.15) is 23.7 Å². The van der Waals surface area contributed by atoms with Gasteiger partial charge in [0.25, 0.3) is 0 Å². The van der Waals surface area contributed by atoms with E-state index >= 15 is 0 Å². The number of anilines is 1. The molecule has 92 valence electrons. The second-order valence-electron chi connectivity index (χ2n) is 3.68. The van der Waals surface area contributed by atoms with Gasteiger partial charge in [0, 0.05) is 11.7 Å². The van der Waals surface area contributed by atoms with Gasteiger partial charge in [-0.2, -0.15) is 0 Å². The van der Waals surface area contributed by atoms with E-state index in [1.54, 1.807) is 31.2 Å². The molecule has 0 fully saturated rings. The average Bonchev–Trinajstić information content (AvgIpc) is 2.27. The van der Waals surface area contributed by atoms with Gasteiger partial charge in [0.15, 0.2) is 0 Å². The van der Waals surface area contributed by atoms with Crippen molar-refractivity contribution >= 4 is 17.6 Å². The van der Waals surface area contributed by atoms with Crippen LogP contribution in [0.2, 0.25) is 0 Å². The number of para-hydroxylation sites is 1. The van der Waals surface area contributed by atoms with Gasteiger partial charge in [-0.3, -0.25) is 4.79 Å². The van der Waals surface area contributed by atoms with Crippen LogP contribution in [-0.4, -0.2) is 30.2 Å². The highest BCUT2D eigenvalue weighted by molar-refractivity contribution is 5.95. The number of carbonyl (C=O) groups is 2. The molecule has 0 saturated carbocycles. The molecule has 0 radical (unpaired) electrons. The maximum atomic E-state index is 11.5. The summed E-state index contributed by atoms with van der Waals surface area (Å²) in [6, 6.07) is 6.56. The zero-order chi connectivity index (χ0) is 12.8. The van der Waals surface area contributed by atoms with Gasteiger partial charge >= 0.3 is 11.9 Å². The zero-order valence-corrected chi connectivity index (χ0v) is 9.77. The van der Waals surface area contributed by atoms with Gasteiger partial charge in [0.2, 0.25) is 0 Å². The van der Waals surface area contributed by atoms with E-state index in [-0.39, 0.29) is 12.5 Å². The first-order chi connectivity index (χ1) is 8.04. The fourth-order valence-corrected chi connectivity index (χ4v) is 1.48. The van der Waals surface area contributed by atoms with E-state index < -0.39 is 11.9 Å². The number of benzene rings is 1. The number of nitrogens with one attached hydrogen (secondary N) is 1. The number of hydrogen-bond acceptors (Lipinski definition) is 4. The Morgan fingerprint density at radius 1 is 1.41 bits per heavy atom. The highest BCUT2D eigenvalue weighted by Gasteiger charge is 2.13. The predicted octanol–water partition coefficient (Wildman–Crippen LogP) is 1.75. The number of carbonyl (C=O) groups excluding carboxylic acids is 1. The van der Waals surface area contributed by atoms with Crippen molar-refractivity contribution < 1.29 is 19.4 Å². The fourth-order valence-electron chi connectivity index (χ4n) is 1.48. The van der Waals surface area contributed by atoms with Gasteiger partial charge in [-0.1, -0.05) is 12.1 Å². The van der Waals surface area contributed by atoms with Crippen LogP contribution in [0.25, 0.3) is 0 Å². The summed E-state index contributed by atoms with van der Waals surface area (Å²) in [4.78, 5) is 22.0. The lowest BCUT2D eigenvalue weighted by Crippen LogP contribution is -2.21. The Labute approximate surface area is 99.4 Å². The molecule has 0 spiro atoms. The summed E-state index contributed by atoms with van der Waals surface area (Å²) in [5, 5.41) is 11.6. The third-order valence-electron chi connectivity index (χ3n) is 2.22. The van der Waals surface area contributed by atoms with Gasteiger partial charge in [-0.15, -0.1) is 0 Å². The van der Waals surface area contributed by atoms with Crippen LogP contribution in [0.5, 0.6) is 0 Å². The topological polar surface area (TPSA) is 75.6 Å². The molecule has 2 N–H and O–H groups in total. The van der Waals surface area contributed by atoms with Crippen molar-refractivity contribution in [2.45, 2.75) is 19.4 Å². The van der Waals surface area contributed by atoms with E-state index in [2.05, 4.69) is 10.1 Å². The van der Waals surface area contributed by atoms with Crippen molar-refractivity contribution in [3.63, 3.8) is 0 Å². The van der Waals surface area contributed by atoms with Crippen molar-refractivity contribution in [2.75, 3.05) is 12.4 Å². The molecule has 1 rings (SSSR count). The Bertz CT molecular complexity index is 417. The van der Waals surface area contributed by atoms with Gasteiger partial charge in [0.1, 0.15) is 0 Å². The molecule has 1 aromatic carbocycles. The maximum absolute atomic E-state index is 11.5. The normalized spacial score (nSPS) is 11.6. The summed E-state index contributed by atoms with van der Waals surface area (Å²) in [5.41, 5.74) is 0.973. The molecular weight excluding hydrogens is 222 g/mol. The van der Waals surface area contributed by atoms with E-state index in [0.717, 1.165) is 0 Å². The van der Waals surface area contributed by atoms with Crippen LogP contribution >= 0.6 is 0 Å². The number of carboxylic acid groups (broad SMARTS) is 1. The van der Waals surface area contributed by atoms with Gasteiger partial charge in [0.05, 0.1) is 19.1 Å². The molecule has 17 heavy (non-hydrogen) atoms. The first-order valence-electron chi connectivity index (χ1n) is 5.20. The van der Waals surface area contributed by atoms with Crippen molar-refractivity contribution in [3.05, 3.63) is 29.8 Å². The molecular formula is C12H15NO4. The monoisotopic (exact) mass is 237 g/mol. The molecule has 1 unspecified atom stereocenters. The summed E-state index contributed by atoms with van der Waals surface area (Å²) >= 11 is 0. The Kier molecular flexibility index (Phi) is 4.51. The molecule has 0 aliphatic carbocycles. The van der Waals surface area contributed by atoms with Crippen LogP contribution in [0, 0.1) is 0 Å². The van der Waals surface area contributed by atoms with Gasteiger partial charge in [-0.25, -0.2) is 4.79 Å². The molecule has 0 amide bonds. The van der Waals surface area contributed by atoms with Crippen LogP contribution in [0.4, 0.5) is 5.69 Å². The second kappa shape index (κ2) is 5.89. The minimum absolute atomic E-state index is 0.0183. The highest BCUT2D eigenvalue weighted by atomic mass is 16.5. The van der Waals surface area contributed by atoms with Crippen LogP contribution in [0.3, 0.4) is 0 Å². The van der Waals surface area contributed by atoms with Crippen LogP contribution in [-0.2, 0) is 9.53 Å². The molecule has 0 bridgehead atoms. The summed E-state index contributed by atoms with van der Waals surface area (Å²) in [7, 11) is 1.31. The molecule has 1 aromatic rings. The van der Waals surface area contributed by atoms with Crippen molar-refractivity contribution in [1.82, 2.24) is 0 Å². The Morgan fingerprint density at radius 2 is 2.06 bits per heavy atom. The molecule has 5 heteroatoms. The second-order valence-corrected chi connectivity index (χ2v) is 3.68. The van der Waals surface area contributed by atoms with Crippen molar-refractivity contribution in [2.24, 2.45) is 0 Å². The summed E-state index contributed by atoms with van der Waals surface area (Å²) in [5.74, 6) is -1.34. The molecule has 0 aliphatic rings. The lowest BCUT2D eigenvalue weighted by atomic mass is 10.1. The smallest absolute Gasteiger partial charge is 0.339 e. The largest absolute Gasteiger partial charge is 0.481 e. The van der Waals surface area contributed by atoms with Gasteiger partial charge in [-0.05, 0) is 19.1 Å². The molecule has 0 aliphatic heterocycles. The quantitative estimate of drug-likeness (QED) is 0.763. The molecule has 1 atom stereocenters. The number of esters is 1. The summed E-state index contributed by atoms with van der Waals surface area (Å²) < 4.78 is 4.64. The first-order valence-corrected chi connectivity index (χ1v) is 5.20. The van der Waals surface area contributed by atoms with Crippen molar-refractivity contribution in [3.8, 4) is 0 Å². The fraction of sp³-hybridized carbons (Fsp3) is 0.333. The van der Waals surface area contributed by atoms with E-state index in [0.29, 0.717) is 11.3 Å². The van der Waals surface area contributed by atoms with Crippen LogP contribution < -0.4 is 5.32 Å². The lowest BCUT2D eigenvalue weighted by Gasteiger charge is -2.15. The number of methoxy groups -OCH3 is 1. The maximum Gasteiger partial charge on any atom is 0.339 e. The number of aliphatic carboxylic acids is 1.